The molecule has 0 aromatic carbocycles. The molecule has 2 bridgehead atoms. The highest BCUT2D eigenvalue weighted by atomic mass is 32.1. The second kappa shape index (κ2) is 10.4. The van der Waals surface area contributed by atoms with E-state index in [0.29, 0.717) is 24.0 Å². The van der Waals surface area contributed by atoms with Crippen LogP contribution >= 0.6 is 11.3 Å². The molecular weight excluding hydrogens is 444 g/mol. The summed E-state index contributed by atoms with van der Waals surface area (Å²) in [5.41, 5.74) is 1.89. The Bertz CT molecular complexity index is 937. The Hall–Kier alpha value is -1.80. The molecule has 3 atom stereocenters. The molecule has 7 nitrogen and oxygen atoms in total. The molecule has 8 heteroatoms. The van der Waals surface area contributed by atoms with Gasteiger partial charge < -0.3 is 9.88 Å². The lowest BCUT2D eigenvalue weighted by molar-refractivity contribution is -0.126. The Balaban J connectivity index is 1.23. The number of aryl methyl sites for hydroxylation is 1. The highest BCUT2D eigenvalue weighted by Gasteiger charge is 2.42. The first kappa shape index (κ1) is 23.9. The van der Waals surface area contributed by atoms with Crippen LogP contribution in [0.3, 0.4) is 0 Å². The molecule has 1 aliphatic carbocycles. The van der Waals surface area contributed by atoms with Crippen LogP contribution in [-0.4, -0.2) is 49.2 Å². The highest BCUT2D eigenvalue weighted by Crippen LogP contribution is 2.42. The van der Waals surface area contributed by atoms with Crippen molar-refractivity contribution in [1.82, 2.24) is 30.0 Å². The maximum Gasteiger partial charge on any atom is 0.223 e. The number of nitrogens with zero attached hydrogens (tertiary/aromatic N) is 5. The van der Waals surface area contributed by atoms with Crippen molar-refractivity contribution < 1.29 is 4.79 Å². The summed E-state index contributed by atoms with van der Waals surface area (Å²) in [5.74, 6) is 3.02. The van der Waals surface area contributed by atoms with E-state index >= 15 is 0 Å². The smallest absolute Gasteiger partial charge is 0.223 e. The first-order valence-corrected chi connectivity index (χ1v) is 14.2. The summed E-state index contributed by atoms with van der Waals surface area (Å²) in [4.78, 5) is 21.3. The second-order valence-electron chi connectivity index (χ2n) is 11.0. The van der Waals surface area contributed by atoms with Crippen LogP contribution in [0, 0.1) is 12.8 Å². The van der Waals surface area contributed by atoms with E-state index in [2.05, 4.69) is 50.7 Å². The van der Waals surface area contributed by atoms with E-state index < -0.39 is 0 Å². The predicted molar refractivity (Wildman–Crippen MR) is 135 cm³/mol. The van der Waals surface area contributed by atoms with Crippen LogP contribution in [0.1, 0.15) is 113 Å². The van der Waals surface area contributed by atoms with E-state index in [1.807, 2.05) is 11.7 Å². The van der Waals surface area contributed by atoms with Crippen molar-refractivity contribution in [1.29, 1.82) is 0 Å². The number of carbonyl (C=O) groups excluding carboxylic acids is 1. The van der Waals surface area contributed by atoms with Gasteiger partial charge in [0.1, 0.15) is 11.6 Å². The maximum atomic E-state index is 13.0. The molecule has 186 valence electrons. The molecule has 1 amide bonds. The molecule has 1 saturated carbocycles. The zero-order valence-electron chi connectivity index (χ0n) is 20.9. The van der Waals surface area contributed by atoms with Crippen molar-refractivity contribution >= 4 is 17.2 Å². The molecule has 1 N–H and O–H groups in total. The van der Waals surface area contributed by atoms with Crippen molar-refractivity contribution in [3.05, 3.63) is 28.2 Å². The summed E-state index contributed by atoms with van der Waals surface area (Å²) < 4.78 is 2.43. The van der Waals surface area contributed by atoms with E-state index in [1.165, 1.54) is 49.8 Å². The molecule has 0 radical (unpaired) electrons. The standard InChI is InChI=1S/C26H40N6OS/c1-17(2)25-30-29-18(3)32(25)22-13-20-9-10-21(14-22)31(20)12-11-23(24-15-27-16-34-24)28-26(33)19-7-5-4-6-8-19/h15-17,19-23H,4-14H2,1-3H3,(H,28,33)/t20-,21-,23-/m0/s1. The minimum absolute atomic E-state index is 0.0756. The molecule has 5 rings (SSSR count). The van der Waals surface area contributed by atoms with E-state index in [-0.39, 0.29) is 17.9 Å². The van der Waals surface area contributed by atoms with E-state index in [9.17, 15) is 4.79 Å². The van der Waals surface area contributed by atoms with Gasteiger partial charge in [-0.1, -0.05) is 33.1 Å². The molecule has 34 heavy (non-hydrogen) atoms. The SMILES string of the molecule is Cc1nnc(C(C)C)n1C1C[C@@H]2CC[C@@H](C1)N2CC[C@H](NC(=O)C1CCCCC1)c1cncs1. The van der Waals surface area contributed by atoms with Crippen molar-refractivity contribution in [3.63, 3.8) is 0 Å². The summed E-state index contributed by atoms with van der Waals surface area (Å²) >= 11 is 1.67. The molecule has 2 saturated heterocycles. The van der Waals surface area contributed by atoms with E-state index in [0.717, 1.165) is 37.5 Å². The van der Waals surface area contributed by atoms with Crippen LogP contribution in [0.2, 0.25) is 0 Å². The van der Waals surface area contributed by atoms with Crippen LogP contribution in [0.4, 0.5) is 0 Å². The van der Waals surface area contributed by atoms with Gasteiger partial charge in [0.15, 0.2) is 0 Å². The number of thiazole rings is 1. The Kier molecular flexibility index (Phi) is 7.35. The molecule has 3 aliphatic rings. The lowest BCUT2D eigenvalue weighted by Crippen LogP contribution is -2.45. The van der Waals surface area contributed by atoms with E-state index in [1.54, 1.807) is 11.3 Å². The fourth-order valence-corrected chi connectivity index (χ4v) is 7.37. The fraction of sp³-hybridized carbons (Fsp3) is 0.769. The monoisotopic (exact) mass is 484 g/mol. The Morgan fingerprint density at radius 2 is 1.82 bits per heavy atom. The van der Waals surface area contributed by atoms with Gasteiger partial charge in [0.05, 0.1) is 11.6 Å². The number of carbonyl (C=O) groups is 1. The Morgan fingerprint density at radius 3 is 2.47 bits per heavy atom. The van der Waals surface area contributed by atoms with Gasteiger partial charge in [0, 0.05) is 47.6 Å². The summed E-state index contributed by atoms with van der Waals surface area (Å²) in [7, 11) is 0. The number of aromatic nitrogens is 4. The lowest BCUT2D eigenvalue weighted by Gasteiger charge is -2.40. The summed E-state index contributed by atoms with van der Waals surface area (Å²) in [6.07, 6.45) is 13.5. The highest BCUT2D eigenvalue weighted by molar-refractivity contribution is 7.09. The van der Waals surface area contributed by atoms with Crippen molar-refractivity contribution in [3.8, 4) is 0 Å². The van der Waals surface area contributed by atoms with Gasteiger partial charge in [0.2, 0.25) is 5.91 Å². The maximum absolute atomic E-state index is 13.0. The zero-order valence-corrected chi connectivity index (χ0v) is 21.8. The largest absolute Gasteiger partial charge is 0.348 e. The van der Waals surface area contributed by atoms with Crippen LogP contribution in [0.25, 0.3) is 0 Å². The van der Waals surface area contributed by atoms with Gasteiger partial charge in [-0.3, -0.25) is 14.7 Å². The molecule has 3 fully saturated rings. The van der Waals surface area contributed by atoms with Gasteiger partial charge >= 0.3 is 0 Å². The van der Waals surface area contributed by atoms with Crippen molar-refractivity contribution in [2.75, 3.05) is 6.54 Å². The predicted octanol–water partition coefficient (Wildman–Crippen LogP) is 5.16. The fourth-order valence-electron chi connectivity index (χ4n) is 6.67. The number of hydrogen-bond acceptors (Lipinski definition) is 6. The molecule has 0 unspecified atom stereocenters. The molecule has 2 aromatic heterocycles. The molecule has 2 aromatic rings. The molecular formula is C26H40N6OS. The van der Waals surface area contributed by atoms with Crippen LogP contribution in [0.5, 0.6) is 0 Å². The number of piperidine rings is 1. The van der Waals surface area contributed by atoms with Crippen LogP contribution < -0.4 is 5.32 Å². The Morgan fingerprint density at radius 1 is 1.09 bits per heavy atom. The van der Waals surface area contributed by atoms with Crippen LogP contribution in [-0.2, 0) is 4.79 Å². The Labute approximate surface area is 207 Å². The van der Waals surface area contributed by atoms with Gasteiger partial charge in [0.25, 0.3) is 0 Å². The number of nitrogens with one attached hydrogen (secondary N) is 1. The lowest BCUT2D eigenvalue weighted by atomic mass is 9.88. The summed E-state index contributed by atoms with van der Waals surface area (Å²) in [6.45, 7) is 7.56. The van der Waals surface area contributed by atoms with E-state index in [4.69, 9.17) is 0 Å². The zero-order chi connectivity index (χ0) is 23.7. The molecule has 2 aliphatic heterocycles. The second-order valence-corrected chi connectivity index (χ2v) is 11.9. The molecule has 4 heterocycles. The minimum atomic E-state index is 0.0756. The number of rotatable bonds is 8. The minimum Gasteiger partial charge on any atom is -0.348 e. The van der Waals surface area contributed by atoms with Gasteiger partial charge in [-0.05, 0) is 51.9 Å². The third-order valence-corrected chi connectivity index (χ3v) is 9.29. The third-order valence-electron chi connectivity index (χ3n) is 8.40. The average molecular weight is 485 g/mol. The topological polar surface area (TPSA) is 75.9 Å². The number of hydrogen-bond donors (Lipinski definition) is 1. The van der Waals surface area contributed by atoms with Crippen LogP contribution in [0.15, 0.2) is 11.7 Å². The van der Waals surface area contributed by atoms with Crippen molar-refractivity contribution in [2.45, 2.75) is 115 Å². The first-order valence-electron chi connectivity index (χ1n) is 13.4. The summed E-state index contributed by atoms with van der Waals surface area (Å²) in [6, 6.07) is 1.81. The van der Waals surface area contributed by atoms with Crippen molar-refractivity contribution in [2.24, 2.45) is 5.92 Å². The number of amides is 1. The van der Waals surface area contributed by atoms with Gasteiger partial charge in [-0.2, -0.15) is 0 Å². The number of fused-ring (bicyclic) bond motifs is 2. The first-order chi connectivity index (χ1) is 16.5. The normalized spacial score (nSPS) is 26.8. The summed E-state index contributed by atoms with van der Waals surface area (Å²) in [5, 5.41) is 12.3. The average Bonchev–Trinajstić information content (AvgIpc) is 3.55. The molecule has 0 spiro atoms. The van der Waals surface area contributed by atoms with Gasteiger partial charge in [-0.25, -0.2) is 0 Å². The van der Waals surface area contributed by atoms with Gasteiger partial charge in [-0.15, -0.1) is 21.5 Å². The quantitative estimate of drug-likeness (QED) is 0.560. The third kappa shape index (κ3) is 4.94.